The Morgan fingerprint density at radius 1 is 1.55 bits per heavy atom. The third-order valence-corrected chi connectivity index (χ3v) is 4.77. The van der Waals surface area contributed by atoms with Crippen LogP contribution in [0.4, 0.5) is 5.82 Å². The highest BCUT2D eigenvalue weighted by molar-refractivity contribution is 8.01. The molecule has 0 saturated heterocycles. The van der Waals surface area contributed by atoms with Crippen LogP contribution in [-0.2, 0) is 24.8 Å². The lowest BCUT2D eigenvalue weighted by Crippen LogP contribution is -2.32. The zero-order chi connectivity index (χ0) is 14.1. The van der Waals surface area contributed by atoms with Gasteiger partial charge in [-0.05, 0) is 18.1 Å². The number of carbonyl (C=O) groups is 1. The third kappa shape index (κ3) is 2.38. The number of rotatable bonds is 3. The number of fused-ring (bicyclic) bond motifs is 1. The molecule has 0 aliphatic carbocycles. The first-order valence-electron chi connectivity index (χ1n) is 6.44. The number of nitrogen functional groups attached to an aromatic ring is 1. The van der Waals surface area contributed by atoms with Gasteiger partial charge in [-0.15, -0.1) is 11.8 Å². The van der Waals surface area contributed by atoms with Crippen molar-refractivity contribution in [2.45, 2.75) is 23.1 Å². The zero-order valence-corrected chi connectivity index (χ0v) is 12.0. The van der Waals surface area contributed by atoms with Gasteiger partial charge in [0, 0.05) is 24.1 Å². The Bertz CT molecular complexity index is 627. The normalized spacial score (nSPS) is 16.9. The number of nitrogens with zero attached hydrogens (tertiary/aromatic N) is 2. The number of aryl methyl sites for hydroxylation is 1. The molecule has 2 heterocycles. The molecular formula is C14H16N4OS. The fraction of sp³-hybridized carbons (Fsp3) is 0.286. The minimum Gasteiger partial charge on any atom is -0.384 e. The number of thioether (sulfide) groups is 1. The van der Waals surface area contributed by atoms with E-state index >= 15 is 0 Å². The molecule has 0 fully saturated rings. The van der Waals surface area contributed by atoms with Gasteiger partial charge in [-0.3, -0.25) is 9.48 Å². The fourth-order valence-electron chi connectivity index (χ4n) is 2.25. The maximum absolute atomic E-state index is 12.2. The van der Waals surface area contributed by atoms with Crippen LogP contribution < -0.4 is 11.1 Å². The Morgan fingerprint density at radius 3 is 3.05 bits per heavy atom. The summed E-state index contributed by atoms with van der Waals surface area (Å²) in [6.45, 7) is 0.423. The van der Waals surface area contributed by atoms with E-state index in [-0.39, 0.29) is 11.2 Å². The molecule has 6 heteroatoms. The number of nitrogens with two attached hydrogens (primary N) is 1. The first kappa shape index (κ1) is 13.1. The minimum atomic E-state index is -0.0507. The maximum atomic E-state index is 12.2. The number of anilines is 1. The molecule has 1 aromatic heterocycles. The Balaban J connectivity index is 1.60. The molecule has 1 aromatic carbocycles. The number of hydrogen-bond donors (Lipinski definition) is 2. The molecular weight excluding hydrogens is 272 g/mol. The molecule has 0 saturated carbocycles. The summed E-state index contributed by atoms with van der Waals surface area (Å²) in [4.78, 5) is 13.4. The van der Waals surface area contributed by atoms with Crippen LogP contribution in [0.25, 0.3) is 0 Å². The van der Waals surface area contributed by atoms with Gasteiger partial charge in [0.2, 0.25) is 5.91 Å². The lowest BCUT2D eigenvalue weighted by molar-refractivity contribution is -0.120. The summed E-state index contributed by atoms with van der Waals surface area (Å²) < 4.78 is 1.60. The maximum Gasteiger partial charge on any atom is 0.234 e. The molecule has 104 valence electrons. The predicted octanol–water partition coefficient (Wildman–Crippen LogP) is 1.34. The van der Waals surface area contributed by atoms with E-state index < -0.39 is 0 Å². The second-order valence-electron chi connectivity index (χ2n) is 4.81. The quantitative estimate of drug-likeness (QED) is 0.894. The lowest BCUT2D eigenvalue weighted by atomic mass is 10.1. The lowest BCUT2D eigenvalue weighted by Gasteiger charge is -2.09. The highest BCUT2D eigenvalue weighted by Crippen LogP contribution is 2.36. The largest absolute Gasteiger partial charge is 0.384 e. The van der Waals surface area contributed by atoms with Gasteiger partial charge in [-0.2, -0.15) is 5.10 Å². The molecule has 5 nitrogen and oxygen atoms in total. The molecule has 0 bridgehead atoms. The van der Waals surface area contributed by atoms with Crippen molar-refractivity contribution in [2.75, 3.05) is 5.73 Å². The second kappa shape index (κ2) is 5.20. The van der Waals surface area contributed by atoms with Crippen molar-refractivity contribution in [3.05, 3.63) is 41.6 Å². The highest BCUT2D eigenvalue weighted by Gasteiger charge is 2.27. The van der Waals surface area contributed by atoms with Crippen LogP contribution in [0.5, 0.6) is 0 Å². The highest BCUT2D eigenvalue weighted by atomic mass is 32.2. The van der Waals surface area contributed by atoms with Crippen LogP contribution in [0.15, 0.2) is 35.4 Å². The number of hydrogen-bond acceptors (Lipinski definition) is 4. The Morgan fingerprint density at radius 2 is 2.35 bits per heavy atom. The van der Waals surface area contributed by atoms with E-state index in [1.54, 1.807) is 29.7 Å². The summed E-state index contributed by atoms with van der Waals surface area (Å²) in [6, 6.07) is 8.15. The van der Waals surface area contributed by atoms with Crippen molar-refractivity contribution in [1.29, 1.82) is 0 Å². The van der Waals surface area contributed by atoms with Gasteiger partial charge >= 0.3 is 0 Å². The van der Waals surface area contributed by atoms with E-state index in [0.717, 1.165) is 12.0 Å². The number of nitrogens with one attached hydrogen (secondary N) is 1. The van der Waals surface area contributed by atoms with Crippen LogP contribution in [0, 0.1) is 0 Å². The summed E-state index contributed by atoms with van der Waals surface area (Å²) in [6.07, 6.45) is 2.47. The number of benzene rings is 1. The van der Waals surface area contributed by atoms with Crippen molar-refractivity contribution < 1.29 is 4.79 Å². The number of carbonyl (C=O) groups excluding carboxylic acids is 1. The molecule has 0 radical (unpaired) electrons. The summed E-state index contributed by atoms with van der Waals surface area (Å²) in [7, 11) is 1.78. The van der Waals surface area contributed by atoms with Crippen molar-refractivity contribution in [2.24, 2.45) is 7.05 Å². The van der Waals surface area contributed by atoms with Crippen molar-refractivity contribution in [3.63, 3.8) is 0 Å². The van der Waals surface area contributed by atoms with Crippen molar-refractivity contribution >= 4 is 23.5 Å². The number of amides is 1. The fourth-order valence-corrected chi connectivity index (χ4v) is 3.47. The first-order valence-corrected chi connectivity index (χ1v) is 7.31. The Kier molecular flexibility index (Phi) is 3.40. The number of aromatic nitrogens is 2. The summed E-state index contributed by atoms with van der Waals surface area (Å²) >= 11 is 1.62. The van der Waals surface area contributed by atoms with Crippen molar-refractivity contribution in [1.82, 2.24) is 15.1 Å². The standard InChI is InChI=1S/C14H16N4OS/c1-18-13(15)10(8-17-18)7-16-14(19)12-6-9-4-2-3-5-11(9)20-12/h2-5,8,12H,6-7,15H2,1H3,(H,16,19). The molecule has 1 aliphatic heterocycles. The van der Waals surface area contributed by atoms with E-state index in [0.29, 0.717) is 12.4 Å². The van der Waals surface area contributed by atoms with Crippen LogP contribution >= 0.6 is 11.8 Å². The molecule has 0 spiro atoms. The van der Waals surface area contributed by atoms with Gasteiger partial charge in [0.05, 0.1) is 11.4 Å². The Labute approximate surface area is 121 Å². The van der Waals surface area contributed by atoms with Crippen LogP contribution in [0.3, 0.4) is 0 Å². The molecule has 3 rings (SSSR count). The molecule has 1 amide bonds. The van der Waals surface area contributed by atoms with Gasteiger partial charge in [0.15, 0.2) is 0 Å². The zero-order valence-electron chi connectivity index (χ0n) is 11.2. The molecule has 1 aliphatic rings. The first-order chi connectivity index (χ1) is 9.65. The smallest absolute Gasteiger partial charge is 0.234 e. The monoisotopic (exact) mass is 288 g/mol. The van der Waals surface area contributed by atoms with Gasteiger partial charge in [-0.1, -0.05) is 18.2 Å². The molecule has 1 unspecified atom stereocenters. The van der Waals surface area contributed by atoms with Gasteiger partial charge < -0.3 is 11.1 Å². The topological polar surface area (TPSA) is 72.9 Å². The van der Waals surface area contributed by atoms with E-state index in [2.05, 4.69) is 22.5 Å². The minimum absolute atomic E-state index is 0.0504. The van der Waals surface area contributed by atoms with Crippen LogP contribution in [-0.4, -0.2) is 20.9 Å². The molecule has 20 heavy (non-hydrogen) atoms. The summed E-state index contributed by atoms with van der Waals surface area (Å²) in [5.74, 6) is 0.641. The Hall–Kier alpha value is -1.95. The van der Waals surface area contributed by atoms with Crippen LogP contribution in [0.2, 0.25) is 0 Å². The average molecular weight is 288 g/mol. The van der Waals surface area contributed by atoms with E-state index in [1.807, 2.05) is 12.1 Å². The SMILES string of the molecule is Cn1ncc(CNC(=O)C2Cc3ccccc3S2)c1N. The average Bonchev–Trinajstić information content (AvgIpc) is 3.02. The van der Waals surface area contributed by atoms with Crippen molar-refractivity contribution in [3.8, 4) is 0 Å². The summed E-state index contributed by atoms with van der Waals surface area (Å²) in [5.41, 5.74) is 7.95. The molecule has 1 atom stereocenters. The van der Waals surface area contributed by atoms with Gasteiger partial charge in [0.25, 0.3) is 0 Å². The van der Waals surface area contributed by atoms with E-state index in [1.165, 1.54) is 10.5 Å². The molecule has 2 aromatic rings. The van der Waals surface area contributed by atoms with E-state index in [9.17, 15) is 4.79 Å². The second-order valence-corrected chi connectivity index (χ2v) is 6.06. The molecule has 3 N–H and O–H groups in total. The van der Waals surface area contributed by atoms with Gasteiger partial charge in [-0.25, -0.2) is 0 Å². The third-order valence-electron chi connectivity index (χ3n) is 3.46. The summed E-state index contributed by atoms with van der Waals surface area (Å²) in [5, 5.41) is 6.95. The van der Waals surface area contributed by atoms with E-state index in [4.69, 9.17) is 5.73 Å². The van der Waals surface area contributed by atoms with Gasteiger partial charge in [0.1, 0.15) is 5.82 Å². The van der Waals surface area contributed by atoms with Crippen LogP contribution in [0.1, 0.15) is 11.1 Å². The predicted molar refractivity (Wildman–Crippen MR) is 79.3 cm³/mol.